The molecule has 1 saturated carbocycles. The molecule has 15 heteroatoms. The van der Waals surface area contributed by atoms with E-state index >= 15 is 4.39 Å². The number of carbonyl (C=O) groups is 2. The Kier molecular flexibility index (Phi) is 11.6. The number of ether oxygens (including phenoxy) is 7. The van der Waals surface area contributed by atoms with E-state index in [4.69, 9.17) is 33.2 Å². The lowest BCUT2D eigenvalue weighted by molar-refractivity contribution is -0.369. The van der Waals surface area contributed by atoms with E-state index in [2.05, 4.69) is 43.0 Å². The van der Waals surface area contributed by atoms with Crippen LogP contribution in [0.4, 0.5) is 14.0 Å². The zero-order valence-electron chi connectivity index (χ0n) is 30.4. The average Bonchev–Trinajstić information content (AvgIpc) is 3.42. The average molecular weight is 718 g/mol. The number of nitrogens with zero attached hydrogens (tertiary/aromatic N) is 4. The fourth-order valence-electron chi connectivity index (χ4n) is 8.43. The Balaban J connectivity index is 1.12. The van der Waals surface area contributed by atoms with Crippen molar-refractivity contribution in [1.82, 2.24) is 10.2 Å². The number of fused-ring (bicyclic) bond motifs is 3. The first-order chi connectivity index (χ1) is 24.4. The first-order valence-corrected chi connectivity index (χ1v) is 18.3. The van der Waals surface area contributed by atoms with E-state index in [1.54, 1.807) is 7.05 Å². The Morgan fingerprint density at radius 2 is 1.73 bits per heavy atom. The molecule has 4 aliphatic heterocycles. The van der Waals surface area contributed by atoms with E-state index in [1.165, 1.54) is 4.90 Å². The summed E-state index contributed by atoms with van der Waals surface area (Å²) in [6.07, 6.45) is -6.48. The van der Waals surface area contributed by atoms with Crippen LogP contribution in [0.5, 0.6) is 0 Å². The van der Waals surface area contributed by atoms with Gasteiger partial charge in [-0.2, -0.15) is 0 Å². The van der Waals surface area contributed by atoms with Gasteiger partial charge in [0, 0.05) is 29.8 Å². The summed E-state index contributed by atoms with van der Waals surface area (Å²) >= 11 is 0. The molecule has 6 rings (SSSR count). The van der Waals surface area contributed by atoms with Crippen molar-refractivity contribution in [1.29, 1.82) is 0 Å². The van der Waals surface area contributed by atoms with Crippen LogP contribution in [0.2, 0.25) is 0 Å². The van der Waals surface area contributed by atoms with Crippen LogP contribution in [0.15, 0.2) is 35.4 Å². The fourth-order valence-corrected chi connectivity index (χ4v) is 8.43. The number of benzene rings is 1. The van der Waals surface area contributed by atoms with Crippen molar-refractivity contribution in [2.45, 2.75) is 141 Å². The van der Waals surface area contributed by atoms with E-state index in [-0.39, 0.29) is 31.0 Å². The predicted molar refractivity (Wildman–Crippen MR) is 180 cm³/mol. The van der Waals surface area contributed by atoms with Crippen LogP contribution in [-0.4, -0.2) is 97.8 Å². The Morgan fingerprint density at radius 3 is 2.43 bits per heavy atom. The summed E-state index contributed by atoms with van der Waals surface area (Å²) in [5.41, 5.74) is 10.1. The third-order valence-corrected chi connectivity index (χ3v) is 11.8. The van der Waals surface area contributed by atoms with Gasteiger partial charge >= 0.3 is 12.2 Å². The van der Waals surface area contributed by atoms with Crippen molar-refractivity contribution in [2.75, 3.05) is 7.05 Å². The molecule has 17 atom stereocenters. The van der Waals surface area contributed by atoms with Crippen molar-refractivity contribution in [2.24, 2.45) is 34.7 Å². The molecule has 51 heavy (non-hydrogen) atoms. The van der Waals surface area contributed by atoms with Gasteiger partial charge in [0.15, 0.2) is 25.0 Å². The van der Waals surface area contributed by atoms with Gasteiger partial charge in [0.2, 0.25) is 0 Å². The second kappa shape index (κ2) is 15.8. The van der Waals surface area contributed by atoms with Crippen molar-refractivity contribution in [3.63, 3.8) is 0 Å². The highest BCUT2D eigenvalue weighted by molar-refractivity contribution is 5.70. The zero-order valence-corrected chi connectivity index (χ0v) is 30.4. The van der Waals surface area contributed by atoms with Gasteiger partial charge in [-0.05, 0) is 48.1 Å². The third kappa shape index (κ3) is 7.65. The number of nitrogens with one attached hydrogen (secondary N) is 1. The molecule has 5 aliphatic rings. The normalized spacial score (nSPS) is 43.6. The monoisotopic (exact) mass is 717 g/mol. The Hall–Kier alpha value is -3.20. The van der Waals surface area contributed by atoms with E-state index < -0.39 is 85.7 Å². The summed E-state index contributed by atoms with van der Waals surface area (Å²) in [4.78, 5) is 29.9. The van der Waals surface area contributed by atoms with Gasteiger partial charge in [-0.25, -0.2) is 14.0 Å². The number of halogens is 1. The third-order valence-electron chi connectivity index (χ3n) is 11.8. The molecule has 9 unspecified atom stereocenters. The van der Waals surface area contributed by atoms with E-state index in [9.17, 15) is 15.1 Å². The minimum absolute atomic E-state index is 0.0415. The van der Waals surface area contributed by atoms with E-state index in [1.807, 2.05) is 44.2 Å². The van der Waals surface area contributed by atoms with Gasteiger partial charge in [-0.3, -0.25) is 4.90 Å². The maximum atomic E-state index is 16.3. The van der Waals surface area contributed by atoms with Gasteiger partial charge < -0.3 is 38.5 Å². The maximum absolute atomic E-state index is 16.3. The van der Waals surface area contributed by atoms with Crippen molar-refractivity contribution < 1.29 is 47.1 Å². The molecule has 1 N–H and O–H groups in total. The molecule has 0 bridgehead atoms. The SMILES string of the molecule is CCC1O[C@H](OC2O[C@H]3CC(C)[C@@H](O[C@@H]4C(C)C[C@@H](NC(=O)OCc5ccccc5)C(N=[N+]=[N-])[C@H]4F)OC3C3OC(=O)N(C)C23)C(C)[C@@H](C)[C@@H]1C. The summed E-state index contributed by atoms with van der Waals surface area (Å²) in [6.45, 7) is 12.4. The molecule has 0 radical (unpaired) electrons. The molecule has 4 saturated heterocycles. The number of hydrogen-bond donors (Lipinski definition) is 1. The van der Waals surface area contributed by atoms with Crippen molar-refractivity contribution >= 4 is 12.2 Å². The summed E-state index contributed by atoms with van der Waals surface area (Å²) in [6, 6.07) is 6.52. The maximum Gasteiger partial charge on any atom is 0.410 e. The molecule has 14 nitrogen and oxygen atoms in total. The van der Waals surface area contributed by atoms with Gasteiger partial charge in [0.25, 0.3) is 0 Å². The molecule has 2 amide bonds. The quantitative estimate of drug-likeness (QED) is 0.181. The number of amides is 2. The van der Waals surface area contributed by atoms with Crippen LogP contribution in [0, 0.1) is 29.6 Å². The number of likely N-dealkylation sites (N-methyl/N-ethyl adjacent to an activating group) is 1. The molecule has 1 aliphatic carbocycles. The van der Waals surface area contributed by atoms with Crippen LogP contribution in [-0.2, 0) is 39.8 Å². The first kappa shape index (κ1) is 37.6. The highest BCUT2D eigenvalue weighted by atomic mass is 19.1. The number of azide groups is 1. The number of alkyl halides is 1. The Bertz CT molecular complexity index is 1420. The summed E-state index contributed by atoms with van der Waals surface area (Å²) in [5.74, 6) is 0.195. The van der Waals surface area contributed by atoms with Crippen LogP contribution >= 0.6 is 0 Å². The summed E-state index contributed by atoms with van der Waals surface area (Å²) in [7, 11) is 1.65. The lowest BCUT2D eigenvalue weighted by atomic mass is 9.78. The predicted octanol–water partition coefficient (Wildman–Crippen LogP) is 6.08. The van der Waals surface area contributed by atoms with Crippen molar-refractivity contribution in [3.8, 4) is 0 Å². The Labute approximate surface area is 298 Å². The second-order valence-corrected chi connectivity index (χ2v) is 15.1. The fraction of sp³-hybridized carbons (Fsp3) is 0.778. The minimum Gasteiger partial charge on any atom is -0.445 e. The largest absolute Gasteiger partial charge is 0.445 e. The van der Waals surface area contributed by atoms with Crippen molar-refractivity contribution in [3.05, 3.63) is 46.3 Å². The van der Waals surface area contributed by atoms with E-state index in [0.717, 1.165) is 12.0 Å². The lowest BCUT2D eigenvalue weighted by Gasteiger charge is -2.51. The summed E-state index contributed by atoms with van der Waals surface area (Å²) in [5, 5.41) is 6.42. The molecule has 0 aromatic heterocycles. The number of carbonyl (C=O) groups excluding carboxylic acids is 2. The smallest absolute Gasteiger partial charge is 0.410 e. The standard InChI is InChI=1S/C36H52FN5O9/c1-8-24-20(5)19(4)21(6)33(46-24)51-34-28-31(50-36(44)42(28)7)30-25(47-34)15-18(3)32(49-30)48-29-17(2)14-23(27(26(29)37)40-41-38)39-35(43)45-16-22-12-10-9-11-13-22/h9-13,17-21,23-34H,8,14-16H2,1-7H3,(H,39,43)/t17?,18?,19-,20-,21?,23+,24?,25-,26+,27?,28?,29+,30?,31?,32-,33+,34?/m0/s1. The number of alkyl carbamates (subject to hydrolysis) is 1. The van der Waals surface area contributed by atoms with Gasteiger partial charge in [-0.1, -0.05) is 77.0 Å². The van der Waals surface area contributed by atoms with Gasteiger partial charge in [-0.15, -0.1) is 0 Å². The zero-order chi connectivity index (χ0) is 36.6. The molecule has 1 aromatic rings. The molecule has 5 fully saturated rings. The number of rotatable bonds is 9. The number of hydrogen-bond acceptors (Lipinski definition) is 10. The topological polar surface area (TPSA) is 163 Å². The molecular weight excluding hydrogens is 665 g/mol. The first-order valence-electron chi connectivity index (χ1n) is 18.3. The molecule has 282 valence electrons. The Morgan fingerprint density at radius 1 is 0.980 bits per heavy atom. The highest BCUT2D eigenvalue weighted by Crippen LogP contribution is 2.44. The van der Waals surface area contributed by atoms with E-state index in [0.29, 0.717) is 18.3 Å². The lowest BCUT2D eigenvalue weighted by Crippen LogP contribution is -2.65. The van der Waals surface area contributed by atoms with Gasteiger partial charge in [0.05, 0.1) is 24.4 Å². The van der Waals surface area contributed by atoms with Crippen LogP contribution in [0.25, 0.3) is 10.4 Å². The van der Waals surface area contributed by atoms with Crippen LogP contribution in [0.1, 0.15) is 66.4 Å². The molecule has 4 heterocycles. The van der Waals surface area contributed by atoms with Crippen LogP contribution in [0.3, 0.4) is 0 Å². The minimum atomic E-state index is -1.75. The molecule has 1 aromatic carbocycles. The second-order valence-electron chi connectivity index (χ2n) is 15.1. The molecular formula is C36H52FN5O9. The highest BCUT2D eigenvalue weighted by Gasteiger charge is 2.60. The molecule has 0 spiro atoms. The van der Waals surface area contributed by atoms with Gasteiger partial charge in [0.1, 0.15) is 24.9 Å². The summed E-state index contributed by atoms with van der Waals surface area (Å²) < 4.78 is 59.9. The van der Waals surface area contributed by atoms with Crippen LogP contribution < -0.4 is 5.32 Å².